The van der Waals surface area contributed by atoms with Crippen molar-refractivity contribution in [3.05, 3.63) is 155 Å². The van der Waals surface area contributed by atoms with Gasteiger partial charge in [-0.2, -0.15) is 102 Å². The molecule has 234 valence electrons. The van der Waals surface area contributed by atoms with Gasteiger partial charge in [0.1, 0.15) is 0 Å². The van der Waals surface area contributed by atoms with E-state index in [0.717, 1.165) is 12.8 Å². The van der Waals surface area contributed by atoms with E-state index in [1.54, 1.807) is 20.0 Å². The number of rotatable bonds is 0. The van der Waals surface area contributed by atoms with Crippen LogP contribution >= 0.6 is 24.8 Å². The second-order valence-electron chi connectivity index (χ2n) is 12.5. The molecule has 0 fully saturated rings. The van der Waals surface area contributed by atoms with Gasteiger partial charge in [-0.1, -0.05) is 79.2 Å². The first-order valence-electron chi connectivity index (χ1n) is 14.6. The Labute approximate surface area is 292 Å². The van der Waals surface area contributed by atoms with E-state index in [0.29, 0.717) is 0 Å². The summed E-state index contributed by atoms with van der Waals surface area (Å²) >= 11 is 1.75. The molecule has 0 spiro atoms. The summed E-state index contributed by atoms with van der Waals surface area (Å²) in [6.07, 6.45) is 11.0. The molecule has 6 rings (SSSR count). The van der Waals surface area contributed by atoms with Gasteiger partial charge in [0.2, 0.25) is 0 Å². The van der Waals surface area contributed by atoms with E-state index in [9.17, 15) is 0 Å². The van der Waals surface area contributed by atoms with Crippen molar-refractivity contribution in [2.45, 2.75) is 79.1 Å². The number of hydrogen-bond acceptors (Lipinski definition) is 0. The van der Waals surface area contributed by atoms with Crippen LogP contribution < -0.4 is 0 Å². The van der Waals surface area contributed by atoms with Gasteiger partial charge in [0.25, 0.3) is 0 Å². The first-order valence-corrected chi connectivity index (χ1v) is 15.7. The molecule has 0 saturated heterocycles. The first-order chi connectivity index (χ1) is 19.9. The third-order valence-electron chi connectivity index (χ3n) is 6.82. The summed E-state index contributed by atoms with van der Waals surface area (Å²) in [5.41, 5.74) is 11.3. The number of fused-ring (bicyclic) bond motifs is 3. The zero-order valence-corrected chi connectivity index (χ0v) is 30.9. The molecule has 3 heteroatoms. The third-order valence-corrected chi connectivity index (χ3v) is 6.82. The molecular formula is C41H48Cl2Ti-4. The van der Waals surface area contributed by atoms with Crippen molar-refractivity contribution in [2.24, 2.45) is 0 Å². The molecule has 0 aromatic heterocycles. The van der Waals surface area contributed by atoms with Crippen molar-refractivity contribution in [3.8, 4) is 11.1 Å². The fourth-order valence-electron chi connectivity index (χ4n) is 4.31. The van der Waals surface area contributed by atoms with Crippen molar-refractivity contribution in [1.82, 2.24) is 0 Å². The van der Waals surface area contributed by atoms with E-state index in [2.05, 4.69) is 121 Å². The fourth-order valence-corrected chi connectivity index (χ4v) is 4.31. The Bertz CT molecular complexity index is 1310. The van der Waals surface area contributed by atoms with E-state index in [1.165, 1.54) is 44.5 Å². The molecule has 4 aromatic carbocycles. The van der Waals surface area contributed by atoms with E-state index in [4.69, 9.17) is 0 Å². The van der Waals surface area contributed by atoms with Crippen LogP contribution in [0.3, 0.4) is 0 Å². The molecule has 0 atom stereocenters. The minimum absolute atomic E-state index is 0. The number of allylic oxidation sites excluding steroid dienone is 4. The molecule has 0 saturated carbocycles. The molecule has 2 aliphatic rings. The van der Waals surface area contributed by atoms with Crippen molar-refractivity contribution < 1.29 is 20.0 Å². The van der Waals surface area contributed by atoms with Gasteiger partial charge in [-0.3, -0.25) is 6.08 Å². The van der Waals surface area contributed by atoms with Crippen LogP contribution in [0.1, 0.15) is 81.3 Å². The standard InChI is InChI=1S/C21H25.2C7H7.C5H5.CH2.2ClH.Ti/c1-20(2,3)16-7-9-18-14(12-16)11-15-13-17(21(4,5)6)8-10-19(15)18;2*1-7-5-3-2-4-6-7;1-2-4-5-3-1;;;;/h7-10,12H,11H2,1-6H3;2*3-6H,1H3;1-3H,4H2;1H2;2*1H;/q4*-1;;;;. The predicted octanol–water partition coefficient (Wildman–Crippen LogP) is 11.4. The molecule has 0 amide bonds. The molecule has 0 nitrogen and oxygen atoms in total. The molecule has 2 aliphatic carbocycles. The summed E-state index contributed by atoms with van der Waals surface area (Å²) in [6.45, 7) is 17.7. The van der Waals surface area contributed by atoms with Gasteiger partial charge < -0.3 is 0 Å². The summed E-state index contributed by atoms with van der Waals surface area (Å²) in [4.78, 5) is 3.25. The summed E-state index contributed by atoms with van der Waals surface area (Å²) < 4.78 is 0. The van der Waals surface area contributed by atoms with E-state index < -0.39 is 0 Å². The molecule has 0 unspecified atom stereocenters. The van der Waals surface area contributed by atoms with Crippen LogP contribution in [-0.4, -0.2) is 4.82 Å². The summed E-state index contributed by atoms with van der Waals surface area (Å²) in [6, 6.07) is 36.8. The van der Waals surface area contributed by atoms with Crippen LogP contribution in [0.25, 0.3) is 11.1 Å². The third kappa shape index (κ3) is 14.1. The zero-order valence-electron chi connectivity index (χ0n) is 27.7. The molecule has 44 heavy (non-hydrogen) atoms. The Morgan fingerprint density at radius 2 is 1.20 bits per heavy atom. The SMILES string of the molecule is CC(C)(C)c1[c-]c2c(cc1)-c1ccc(C(C)(C)C)cc1C2.Cc1cc[c-]cc1.Cc1cc[c-]cc1.Cl.Cl.[C-]1=CC=CC1.[CH2]=[Ti]. The summed E-state index contributed by atoms with van der Waals surface area (Å²) in [7, 11) is 0. The molecular weight excluding hydrogens is 611 g/mol. The van der Waals surface area contributed by atoms with Gasteiger partial charge in [-0.25, -0.2) is 12.2 Å². The number of hydrogen-bond donors (Lipinski definition) is 0. The maximum atomic E-state index is 3.67. The van der Waals surface area contributed by atoms with Crippen LogP contribution in [0.5, 0.6) is 0 Å². The van der Waals surface area contributed by atoms with Crippen LogP contribution in [-0.2, 0) is 37.2 Å². The van der Waals surface area contributed by atoms with Gasteiger partial charge in [-0.05, 0) is 28.4 Å². The minimum atomic E-state index is 0. The first kappa shape index (κ1) is 41.5. The topological polar surface area (TPSA) is 0 Å². The van der Waals surface area contributed by atoms with Crippen molar-refractivity contribution in [1.29, 1.82) is 0 Å². The molecule has 0 heterocycles. The fraction of sp³-hybridized carbons (Fsp3) is 0.293. The number of aryl methyl sites for hydroxylation is 2. The maximum absolute atomic E-state index is 3.67. The number of halogens is 2. The predicted molar refractivity (Wildman–Crippen MR) is 194 cm³/mol. The van der Waals surface area contributed by atoms with Crippen molar-refractivity contribution in [2.75, 3.05) is 0 Å². The van der Waals surface area contributed by atoms with Crippen LogP contribution in [0.4, 0.5) is 0 Å². The second kappa shape index (κ2) is 20.5. The van der Waals surface area contributed by atoms with Gasteiger partial charge in [-0.15, -0.1) is 42.4 Å². The summed E-state index contributed by atoms with van der Waals surface area (Å²) in [5, 5.41) is 0. The molecule has 0 bridgehead atoms. The monoisotopic (exact) mass is 658 g/mol. The van der Waals surface area contributed by atoms with Crippen LogP contribution in [0, 0.1) is 38.1 Å². The van der Waals surface area contributed by atoms with Crippen molar-refractivity contribution >= 4 is 29.6 Å². The van der Waals surface area contributed by atoms with E-state index in [1.807, 2.05) is 60.7 Å². The zero-order chi connectivity index (χ0) is 31.2. The van der Waals surface area contributed by atoms with Gasteiger partial charge >= 0.3 is 24.8 Å². The van der Waals surface area contributed by atoms with E-state index >= 15 is 0 Å². The van der Waals surface area contributed by atoms with Gasteiger partial charge in [0.15, 0.2) is 0 Å². The Morgan fingerprint density at radius 3 is 1.57 bits per heavy atom. The number of benzene rings is 4. The summed E-state index contributed by atoms with van der Waals surface area (Å²) in [5.74, 6) is 0. The van der Waals surface area contributed by atoms with Crippen LogP contribution in [0.2, 0.25) is 0 Å². The quantitative estimate of drug-likeness (QED) is 0.115. The molecule has 4 aromatic rings. The van der Waals surface area contributed by atoms with Gasteiger partial charge in [0, 0.05) is 0 Å². The average molecular weight is 660 g/mol. The molecule has 0 N–H and O–H groups in total. The normalized spacial score (nSPS) is 11.5. The Morgan fingerprint density at radius 1 is 0.682 bits per heavy atom. The second-order valence-corrected chi connectivity index (χ2v) is 12.5. The van der Waals surface area contributed by atoms with Crippen LogP contribution in [0.15, 0.2) is 97.1 Å². The van der Waals surface area contributed by atoms with Crippen molar-refractivity contribution in [3.63, 3.8) is 0 Å². The molecule has 0 aliphatic heterocycles. The molecule has 0 radical (unpaired) electrons. The Kier molecular flexibility index (Phi) is 19.4. The van der Waals surface area contributed by atoms with E-state index in [-0.39, 0.29) is 35.6 Å². The Hall–Kier alpha value is -2.48. The van der Waals surface area contributed by atoms with Gasteiger partial charge in [0.05, 0.1) is 0 Å². The average Bonchev–Trinajstić information content (AvgIpc) is 3.66. The Balaban J connectivity index is 0.000000658.